The quantitative estimate of drug-likeness (QED) is 0.648. The molecule has 0 amide bonds. The van der Waals surface area contributed by atoms with Crippen LogP contribution in [-0.2, 0) is 0 Å². The van der Waals surface area contributed by atoms with Crippen LogP contribution < -0.4 is 0 Å². The maximum absolute atomic E-state index is 2.70. The summed E-state index contributed by atoms with van der Waals surface area (Å²) in [5.74, 6) is 3.23. The molecule has 1 heterocycles. The van der Waals surface area contributed by atoms with Crippen molar-refractivity contribution < 1.29 is 0 Å². The molecular weight excluding hydrogens is 254 g/mol. The minimum Gasteiger partial charge on any atom is -0.303 e. The molecular formula is C20H37N. The lowest BCUT2D eigenvalue weighted by atomic mass is 9.67. The van der Waals surface area contributed by atoms with Gasteiger partial charge < -0.3 is 4.90 Å². The summed E-state index contributed by atoms with van der Waals surface area (Å²) in [6.07, 6.45) is 21.3. The highest BCUT2D eigenvalue weighted by molar-refractivity contribution is 4.86. The standard InChI is InChI=1S/C20H37N/c1-21-15-9-8-14-19(21)16-20(17-10-4-2-5-11-17)18-12-6-3-7-13-18/h17-20H,2-16H2,1H3. The van der Waals surface area contributed by atoms with Gasteiger partial charge in [0, 0.05) is 6.04 Å². The predicted octanol–water partition coefficient (Wildman–Crippen LogP) is 5.64. The maximum Gasteiger partial charge on any atom is 0.00950 e. The van der Waals surface area contributed by atoms with Gasteiger partial charge in [-0.05, 0) is 50.6 Å². The molecule has 122 valence electrons. The molecule has 1 saturated heterocycles. The largest absolute Gasteiger partial charge is 0.303 e. The Bertz CT molecular complexity index is 270. The second-order valence-electron chi connectivity index (χ2n) is 8.33. The molecule has 0 spiro atoms. The molecule has 1 heteroatoms. The topological polar surface area (TPSA) is 3.24 Å². The monoisotopic (exact) mass is 291 g/mol. The van der Waals surface area contributed by atoms with Crippen molar-refractivity contribution in [3.8, 4) is 0 Å². The summed E-state index contributed by atoms with van der Waals surface area (Å²) >= 11 is 0. The first-order chi connectivity index (χ1) is 10.3. The highest BCUT2D eigenvalue weighted by Crippen LogP contribution is 2.43. The Morgan fingerprint density at radius 2 is 1.24 bits per heavy atom. The first-order valence-corrected chi connectivity index (χ1v) is 10.0. The number of hydrogen-bond donors (Lipinski definition) is 0. The third-order valence-corrected chi connectivity index (χ3v) is 6.98. The molecule has 0 aromatic heterocycles. The fourth-order valence-electron chi connectivity index (χ4n) is 5.65. The van der Waals surface area contributed by atoms with E-state index in [2.05, 4.69) is 11.9 Å². The molecule has 3 aliphatic rings. The van der Waals surface area contributed by atoms with E-state index in [-0.39, 0.29) is 0 Å². The molecule has 0 radical (unpaired) electrons. The van der Waals surface area contributed by atoms with Crippen molar-refractivity contribution in [2.45, 2.75) is 95.9 Å². The minimum absolute atomic E-state index is 0.910. The van der Waals surface area contributed by atoms with E-state index in [9.17, 15) is 0 Å². The number of nitrogens with zero attached hydrogens (tertiary/aromatic N) is 1. The predicted molar refractivity (Wildman–Crippen MR) is 91.5 cm³/mol. The van der Waals surface area contributed by atoms with E-state index in [0.717, 1.165) is 23.8 Å². The fourth-order valence-corrected chi connectivity index (χ4v) is 5.65. The third kappa shape index (κ3) is 4.24. The molecule has 0 aromatic rings. The fraction of sp³-hybridized carbons (Fsp3) is 1.00. The summed E-state index contributed by atoms with van der Waals surface area (Å²) < 4.78 is 0. The van der Waals surface area contributed by atoms with Crippen molar-refractivity contribution in [3.63, 3.8) is 0 Å². The van der Waals surface area contributed by atoms with Crippen molar-refractivity contribution in [2.75, 3.05) is 13.6 Å². The highest BCUT2D eigenvalue weighted by Gasteiger charge is 2.34. The van der Waals surface area contributed by atoms with Gasteiger partial charge in [-0.15, -0.1) is 0 Å². The zero-order valence-corrected chi connectivity index (χ0v) is 14.4. The van der Waals surface area contributed by atoms with Crippen molar-refractivity contribution in [3.05, 3.63) is 0 Å². The molecule has 3 rings (SSSR count). The summed E-state index contributed by atoms with van der Waals surface area (Å²) in [5, 5.41) is 0. The molecule has 1 unspecified atom stereocenters. The van der Waals surface area contributed by atoms with Gasteiger partial charge in [0.15, 0.2) is 0 Å². The van der Waals surface area contributed by atoms with Crippen LogP contribution in [0, 0.1) is 17.8 Å². The smallest absolute Gasteiger partial charge is 0.00950 e. The zero-order chi connectivity index (χ0) is 14.5. The van der Waals surface area contributed by atoms with Crippen LogP contribution in [0.15, 0.2) is 0 Å². The van der Waals surface area contributed by atoms with Gasteiger partial charge in [0.1, 0.15) is 0 Å². The van der Waals surface area contributed by atoms with Crippen LogP contribution in [0.25, 0.3) is 0 Å². The first-order valence-electron chi connectivity index (χ1n) is 10.0. The third-order valence-electron chi connectivity index (χ3n) is 6.98. The normalized spacial score (nSPS) is 30.9. The average molecular weight is 292 g/mol. The van der Waals surface area contributed by atoms with E-state index in [1.54, 1.807) is 25.7 Å². The van der Waals surface area contributed by atoms with Crippen molar-refractivity contribution >= 4 is 0 Å². The van der Waals surface area contributed by atoms with Crippen molar-refractivity contribution in [1.82, 2.24) is 4.90 Å². The lowest BCUT2D eigenvalue weighted by Gasteiger charge is -2.42. The molecule has 2 aliphatic carbocycles. The number of rotatable bonds is 4. The molecule has 3 fully saturated rings. The molecule has 0 N–H and O–H groups in total. The molecule has 1 nitrogen and oxygen atoms in total. The van der Waals surface area contributed by atoms with Gasteiger partial charge in [-0.1, -0.05) is 70.6 Å². The van der Waals surface area contributed by atoms with Crippen LogP contribution >= 0.6 is 0 Å². The van der Waals surface area contributed by atoms with Crippen LogP contribution in [0.5, 0.6) is 0 Å². The lowest BCUT2D eigenvalue weighted by molar-refractivity contribution is 0.0810. The van der Waals surface area contributed by atoms with Crippen LogP contribution in [0.1, 0.15) is 89.9 Å². The zero-order valence-electron chi connectivity index (χ0n) is 14.4. The molecule has 21 heavy (non-hydrogen) atoms. The van der Waals surface area contributed by atoms with Crippen molar-refractivity contribution in [1.29, 1.82) is 0 Å². The Labute approximate surface area is 132 Å². The minimum atomic E-state index is 0.910. The summed E-state index contributed by atoms with van der Waals surface area (Å²) in [7, 11) is 2.39. The van der Waals surface area contributed by atoms with E-state index < -0.39 is 0 Å². The summed E-state index contributed by atoms with van der Waals surface area (Å²) in [5.41, 5.74) is 0. The van der Waals surface area contributed by atoms with E-state index >= 15 is 0 Å². The van der Waals surface area contributed by atoms with Gasteiger partial charge in [0.25, 0.3) is 0 Å². The Morgan fingerprint density at radius 1 is 0.714 bits per heavy atom. The van der Waals surface area contributed by atoms with E-state index in [4.69, 9.17) is 0 Å². The van der Waals surface area contributed by atoms with E-state index in [0.29, 0.717) is 0 Å². The summed E-state index contributed by atoms with van der Waals surface area (Å²) in [6.45, 7) is 1.35. The number of piperidine rings is 1. The number of hydrogen-bond acceptors (Lipinski definition) is 1. The van der Waals surface area contributed by atoms with Gasteiger partial charge in [-0.25, -0.2) is 0 Å². The Morgan fingerprint density at radius 3 is 1.76 bits per heavy atom. The molecule has 0 bridgehead atoms. The first kappa shape index (κ1) is 15.8. The van der Waals surface area contributed by atoms with Crippen LogP contribution in [0.3, 0.4) is 0 Å². The van der Waals surface area contributed by atoms with E-state index in [1.165, 1.54) is 70.8 Å². The highest BCUT2D eigenvalue weighted by atomic mass is 15.1. The second-order valence-corrected chi connectivity index (χ2v) is 8.33. The Hall–Kier alpha value is -0.0400. The number of likely N-dealkylation sites (tertiary alicyclic amines) is 1. The van der Waals surface area contributed by atoms with Crippen LogP contribution in [0.2, 0.25) is 0 Å². The van der Waals surface area contributed by atoms with Gasteiger partial charge >= 0.3 is 0 Å². The Balaban J connectivity index is 1.64. The van der Waals surface area contributed by atoms with Crippen LogP contribution in [0.4, 0.5) is 0 Å². The second kappa shape index (κ2) is 7.99. The summed E-state index contributed by atoms with van der Waals surface area (Å²) in [6, 6.07) is 0.910. The molecule has 1 atom stereocenters. The van der Waals surface area contributed by atoms with Gasteiger partial charge in [0.2, 0.25) is 0 Å². The lowest BCUT2D eigenvalue weighted by Crippen LogP contribution is -2.40. The van der Waals surface area contributed by atoms with Crippen molar-refractivity contribution in [2.24, 2.45) is 17.8 Å². The molecule has 0 aromatic carbocycles. The SMILES string of the molecule is CN1CCCCC1CC(C1CCCCC1)C1CCCCC1. The van der Waals surface area contributed by atoms with Gasteiger partial charge in [-0.3, -0.25) is 0 Å². The average Bonchev–Trinajstić information content (AvgIpc) is 2.56. The molecule has 1 aliphatic heterocycles. The maximum atomic E-state index is 2.70. The summed E-state index contributed by atoms with van der Waals surface area (Å²) in [4.78, 5) is 2.70. The molecule has 2 saturated carbocycles. The van der Waals surface area contributed by atoms with E-state index in [1.807, 2.05) is 0 Å². The Kier molecular flexibility index (Phi) is 6.03. The van der Waals surface area contributed by atoms with Crippen LogP contribution in [-0.4, -0.2) is 24.5 Å². The van der Waals surface area contributed by atoms with Gasteiger partial charge in [-0.2, -0.15) is 0 Å². The van der Waals surface area contributed by atoms with Gasteiger partial charge in [0.05, 0.1) is 0 Å².